The lowest BCUT2D eigenvalue weighted by Gasteiger charge is -2.21. The van der Waals surface area contributed by atoms with E-state index in [1.54, 1.807) is 0 Å². The van der Waals surface area contributed by atoms with E-state index in [9.17, 15) is 0 Å². The third-order valence-corrected chi connectivity index (χ3v) is 4.19. The van der Waals surface area contributed by atoms with Gasteiger partial charge in [-0.1, -0.05) is 19.8 Å². The van der Waals surface area contributed by atoms with Crippen molar-refractivity contribution in [2.24, 2.45) is 0 Å². The molecule has 2 rings (SSSR count). The normalized spacial score (nSPS) is 10.6. The van der Waals surface area contributed by atoms with Gasteiger partial charge in [-0.2, -0.15) is 0 Å². The van der Waals surface area contributed by atoms with E-state index in [-0.39, 0.29) is 0 Å². The van der Waals surface area contributed by atoms with E-state index in [4.69, 9.17) is 0 Å². The maximum Gasteiger partial charge on any atom is 0.136 e. The number of aryl methyl sites for hydroxylation is 1. The molecule has 1 aromatic carbocycles. The Labute approximate surface area is 151 Å². The molecule has 0 aliphatic carbocycles. The molecule has 5 heteroatoms. The first kappa shape index (κ1) is 19.0. The highest BCUT2D eigenvalue weighted by atomic mass is 15.1. The van der Waals surface area contributed by atoms with Crippen LogP contribution in [-0.4, -0.2) is 29.6 Å². The first-order valence-corrected chi connectivity index (χ1v) is 9.37. The van der Waals surface area contributed by atoms with Gasteiger partial charge in [0.05, 0.1) is 0 Å². The Kier molecular flexibility index (Phi) is 7.51. The third-order valence-electron chi connectivity index (χ3n) is 4.19. The first-order valence-electron chi connectivity index (χ1n) is 9.37. The summed E-state index contributed by atoms with van der Waals surface area (Å²) in [6.45, 7) is 11.5. The summed E-state index contributed by atoms with van der Waals surface area (Å²) in [6, 6.07) is 10.5. The highest BCUT2D eigenvalue weighted by Crippen LogP contribution is 2.21. The average molecular weight is 342 g/mol. The Bertz CT molecular complexity index is 635. The Morgan fingerprint density at radius 1 is 0.920 bits per heavy atom. The molecule has 0 saturated carbocycles. The third kappa shape index (κ3) is 5.93. The second kappa shape index (κ2) is 9.87. The van der Waals surface area contributed by atoms with Crippen LogP contribution in [0.25, 0.3) is 0 Å². The molecule has 0 spiro atoms. The summed E-state index contributed by atoms with van der Waals surface area (Å²) in [5.74, 6) is 2.47. The summed E-state index contributed by atoms with van der Waals surface area (Å²) in [4.78, 5) is 11.3. The summed E-state index contributed by atoms with van der Waals surface area (Å²) in [5, 5.41) is 6.77. The number of aromatic nitrogens is 2. The molecular formula is C20H31N5. The van der Waals surface area contributed by atoms with Gasteiger partial charge >= 0.3 is 0 Å². The quantitative estimate of drug-likeness (QED) is 0.597. The molecule has 0 atom stereocenters. The predicted molar refractivity (Wildman–Crippen MR) is 108 cm³/mol. The highest BCUT2D eigenvalue weighted by molar-refractivity contribution is 5.62. The molecule has 0 radical (unpaired) electrons. The van der Waals surface area contributed by atoms with E-state index < -0.39 is 0 Å². The number of nitrogens with zero attached hydrogens (tertiary/aromatic N) is 3. The zero-order chi connectivity index (χ0) is 18.1. The Morgan fingerprint density at radius 2 is 1.60 bits per heavy atom. The van der Waals surface area contributed by atoms with Gasteiger partial charge in [-0.25, -0.2) is 9.97 Å². The van der Waals surface area contributed by atoms with Gasteiger partial charge in [0.15, 0.2) is 0 Å². The molecule has 0 amide bonds. The smallest absolute Gasteiger partial charge is 0.136 e. The fraction of sp³-hybridized carbons (Fsp3) is 0.500. The largest absolute Gasteiger partial charge is 0.372 e. The van der Waals surface area contributed by atoms with E-state index >= 15 is 0 Å². The lowest BCUT2D eigenvalue weighted by Crippen LogP contribution is -2.21. The lowest BCUT2D eigenvalue weighted by atomic mass is 10.2. The number of hydrogen-bond acceptors (Lipinski definition) is 5. The van der Waals surface area contributed by atoms with Gasteiger partial charge in [-0.05, 0) is 51.5 Å². The molecule has 0 unspecified atom stereocenters. The Hall–Kier alpha value is -2.30. The molecule has 1 heterocycles. The average Bonchev–Trinajstić information content (AvgIpc) is 2.61. The molecule has 0 saturated heterocycles. The van der Waals surface area contributed by atoms with E-state index in [0.717, 1.165) is 49.2 Å². The maximum atomic E-state index is 4.49. The van der Waals surface area contributed by atoms with Gasteiger partial charge in [0.2, 0.25) is 0 Å². The molecule has 2 aromatic rings. The number of benzene rings is 1. The van der Waals surface area contributed by atoms with Crippen LogP contribution in [0.3, 0.4) is 0 Å². The van der Waals surface area contributed by atoms with Crippen molar-refractivity contribution in [1.82, 2.24) is 9.97 Å². The van der Waals surface area contributed by atoms with Crippen molar-refractivity contribution in [3.63, 3.8) is 0 Å². The molecule has 0 aliphatic rings. The highest BCUT2D eigenvalue weighted by Gasteiger charge is 2.04. The van der Waals surface area contributed by atoms with Gasteiger partial charge in [0.1, 0.15) is 17.5 Å². The van der Waals surface area contributed by atoms with Crippen molar-refractivity contribution in [3.8, 4) is 0 Å². The van der Waals surface area contributed by atoms with Crippen molar-refractivity contribution >= 4 is 23.0 Å². The lowest BCUT2D eigenvalue weighted by molar-refractivity contribution is 0.742. The molecule has 1 aromatic heterocycles. The topological polar surface area (TPSA) is 53.1 Å². The van der Waals surface area contributed by atoms with Crippen molar-refractivity contribution in [1.29, 1.82) is 0 Å². The zero-order valence-corrected chi connectivity index (χ0v) is 16.0. The van der Waals surface area contributed by atoms with Crippen molar-refractivity contribution in [2.45, 2.75) is 47.0 Å². The Balaban J connectivity index is 2.02. The second-order valence-electron chi connectivity index (χ2n) is 6.16. The van der Waals surface area contributed by atoms with E-state index in [1.165, 1.54) is 18.5 Å². The fourth-order valence-corrected chi connectivity index (χ4v) is 2.81. The molecule has 0 bridgehead atoms. The molecule has 0 aliphatic heterocycles. The molecule has 0 fully saturated rings. The summed E-state index contributed by atoms with van der Waals surface area (Å²) in [6.07, 6.45) is 3.62. The van der Waals surface area contributed by atoms with Gasteiger partial charge in [0, 0.05) is 37.1 Å². The monoisotopic (exact) mass is 341 g/mol. The van der Waals surface area contributed by atoms with Crippen LogP contribution in [-0.2, 0) is 0 Å². The molecule has 136 valence electrons. The summed E-state index contributed by atoms with van der Waals surface area (Å²) in [7, 11) is 0. The molecule has 25 heavy (non-hydrogen) atoms. The van der Waals surface area contributed by atoms with Crippen LogP contribution in [0, 0.1) is 6.92 Å². The summed E-state index contributed by atoms with van der Waals surface area (Å²) >= 11 is 0. The molecule has 5 nitrogen and oxygen atoms in total. The maximum absolute atomic E-state index is 4.49. The minimum absolute atomic E-state index is 0.766. The second-order valence-corrected chi connectivity index (χ2v) is 6.16. The SMILES string of the molecule is CCCCCNc1cc(Nc2ccc(N(CC)CC)cc2)nc(C)n1. The molecular weight excluding hydrogens is 310 g/mol. The van der Waals surface area contributed by atoms with Crippen molar-refractivity contribution in [3.05, 3.63) is 36.2 Å². The predicted octanol–water partition coefficient (Wildman–Crippen LogP) is 4.98. The van der Waals surface area contributed by atoms with E-state index in [0.29, 0.717) is 0 Å². The Morgan fingerprint density at radius 3 is 2.24 bits per heavy atom. The van der Waals surface area contributed by atoms with E-state index in [1.807, 2.05) is 13.0 Å². The summed E-state index contributed by atoms with van der Waals surface area (Å²) in [5.41, 5.74) is 2.28. The van der Waals surface area contributed by atoms with Crippen LogP contribution in [0.1, 0.15) is 45.9 Å². The van der Waals surface area contributed by atoms with Crippen LogP contribution in [0.5, 0.6) is 0 Å². The van der Waals surface area contributed by atoms with Gasteiger partial charge < -0.3 is 15.5 Å². The van der Waals surface area contributed by atoms with Crippen LogP contribution in [0.4, 0.5) is 23.0 Å². The summed E-state index contributed by atoms with van der Waals surface area (Å²) < 4.78 is 0. The first-order chi connectivity index (χ1) is 12.2. The number of hydrogen-bond donors (Lipinski definition) is 2. The van der Waals surface area contributed by atoms with E-state index in [2.05, 4.69) is 70.5 Å². The minimum atomic E-state index is 0.766. The van der Waals surface area contributed by atoms with Gasteiger partial charge in [-0.15, -0.1) is 0 Å². The van der Waals surface area contributed by atoms with Gasteiger partial charge in [-0.3, -0.25) is 0 Å². The number of unbranched alkanes of at least 4 members (excludes halogenated alkanes) is 2. The number of rotatable bonds is 10. The van der Waals surface area contributed by atoms with Crippen molar-refractivity contribution in [2.75, 3.05) is 35.2 Å². The van der Waals surface area contributed by atoms with Crippen LogP contribution in [0.2, 0.25) is 0 Å². The van der Waals surface area contributed by atoms with Crippen LogP contribution >= 0.6 is 0 Å². The minimum Gasteiger partial charge on any atom is -0.372 e. The van der Waals surface area contributed by atoms with Gasteiger partial charge in [0.25, 0.3) is 0 Å². The molecule has 2 N–H and O–H groups in total. The number of anilines is 4. The standard InChI is InChI=1S/C20H31N5/c1-5-8-9-14-21-19-15-20(23-16(4)22-19)24-17-10-12-18(13-11-17)25(6-2)7-3/h10-13,15H,5-9,14H2,1-4H3,(H2,21,22,23,24). The zero-order valence-electron chi connectivity index (χ0n) is 16.0. The fourth-order valence-electron chi connectivity index (χ4n) is 2.81. The van der Waals surface area contributed by atoms with Crippen LogP contribution < -0.4 is 15.5 Å². The van der Waals surface area contributed by atoms with Crippen molar-refractivity contribution < 1.29 is 0 Å². The van der Waals surface area contributed by atoms with Crippen LogP contribution in [0.15, 0.2) is 30.3 Å². The number of nitrogens with one attached hydrogen (secondary N) is 2.